The number of nitrogens with two attached hydrogens (primary N) is 1. The van der Waals surface area contributed by atoms with Gasteiger partial charge in [-0.2, -0.15) is 0 Å². The maximum absolute atomic E-state index is 12.8. The zero-order chi connectivity index (χ0) is 10.3. The van der Waals surface area contributed by atoms with E-state index in [-0.39, 0.29) is 17.0 Å². The Labute approximate surface area is 80.7 Å². The third-order valence-electron chi connectivity index (χ3n) is 2.36. The molecule has 0 amide bonds. The highest BCUT2D eigenvalue weighted by molar-refractivity contribution is 5.53. The van der Waals surface area contributed by atoms with Gasteiger partial charge in [0, 0.05) is 12.1 Å². The number of nitrogen functional groups attached to an aromatic ring is 1. The molecular formula is C10H11F2NO. The molecule has 1 saturated carbocycles. The molecule has 1 aliphatic carbocycles. The number of benzene rings is 1. The van der Waals surface area contributed by atoms with E-state index >= 15 is 0 Å². The molecule has 0 heterocycles. The maximum Gasteiger partial charge on any atom is 0.162 e. The average molecular weight is 199 g/mol. The Balaban J connectivity index is 2.29. The Hall–Kier alpha value is -1.32. The van der Waals surface area contributed by atoms with E-state index < -0.39 is 11.6 Å². The first-order valence-corrected chi connectivity index (χ1v) is 4.44. The zero-order valence-corrected chi connectivity index (χ0v) is 7.81. The fraction of sp³-hybridized carbons (Fsp3) is 0.400. The predicted molar refractivity (Wildman–Crippen MR) is 49.0 cm³/mol. The molecular weight excluding hydrogens is 188 g/mol. The Morgan fingerprint density at radius 2 is 1.86 bits per heavy atom. The van der Waals surface area contributed by atoms with E-state index in [4.69, 9.17) is 10.5 Å². The fourth-order valence-corrected chi connectivity index (χ4v) is 1.18. The van der Waals surface area contributed by atoms with E-state index in [0.717, 1.165) is 25.0 Å². The van der Waals surface area contributed by atoms with Crippen LogP contribution in [0.1, 0.15) is 19.8 Å². The molecule has 1 aromatic rings. The lowest BCUT2D eigenvalue weighted by molar-refractivity contribution is 0.200. The topological polar surface area (TPSA) is 35.2 Å². The van der Waals surface area contributed by atoms with E-state index in [2.05, 4.69) is 0 Å². The summed E-state index contributed by atoms with van der Waals surface area (Å²) < 4.78 is 31.0. The molecule has 0 aromatic heterocycles. The molecule has 4 heteroatoms. The van der Waals surface area contributed by atoms with Crippen LogP contribution in [0.15, 0.2) is 12.1 Å². The number of anilines is 1. The second-order valence-corrected chi connectivity index (χ2v) is 3.86. The summed E-state index contributed by atoms with van der Waals surface area (Å²) in [6.07, 6.45) is 1.84. The van der Waals surface area contributed by atoms with Gasteiger partial charge in [0.1, 0.15) is 11.4 Å². The summed E-state index contributed by atoms with van der Waals surface area (Å²) in [6.45, 7) is 1.91. The molecule has 2 rings (SSSR count). The second kappa shape index (κ2) is 2.83. The van der Waals surface area contributed by atoms with Crippen LogP contribution < -0.4 is 10.5 Å². The van der Waals surface area contributed by atoms with Crippen molar-refractivity contribution < 1.29 is 13.5 Å². The lowest BCUT2D eigenvalue weighted by atomic mass is 10.2. The first kappa shape index (κ1) is 9.24. The van der Waals surface area contributed by atoms with Gasteiger partial charge >= 0.3 is 0 Å². The first-order chi connectivity index (χ1) is 6.50. The van der Waals surface area contributed by atoms with Crippen LogP contribution in [0.25, 0.3) is 0 Å². The Kier molecular flexibility index (Phi) is 1.87. The van der Waals surface area contributed by atoms with Crippen molar-refractivity contribution >= 4 is 5.69 Å². The van der Waals surface area contributed by atoms with Crippen molar-refractivity contribution in [3.05, 3.63) is 23.8 Å². The maximum atomic E-state index is 12.8. The number of rotatable bonds is 2. The van der Waals surface area contributed by atoms with E-state index in [9.17, 15) is 8.78 Å². The summed E-state index contributed by atoms with van der Waals surface area (Å²) in [7, 11) is 0. The van der Waals surface area contributed by atoms with Crippen molar-refractivity contribution in [1.82, 2.24) is 0 Å². The molecule has 1 aliphatic rings. The summed E-state index contributed by atoms with van der Waals surface area (Å²) in [5.41, 5.74) is 5.39. The second-order valence-electron chi connectivity index (χ2n) is 3.86. The van der Waals surface area contributed by atoms with Crippen LogP contribution in [0.5, 0.6) is 5.75 Å². The van der Waals surface area contributed by atoms with Crippen molar-refractivity contribution in [2.75, 3.05) is 5.73 Å². The lowest BCUT2D eigenvalue weighted by Gasteiger charge is -2.14. The molecule has 1 fully saturated rings. The number of ether oxygens (including phenoxy) is 1. The summed E-state index contributed by atoms with van der Waals surface area (Å²) >= 11 is 0. The quantitative estimate of drug-likeness (QED) is 0.742. The summed E-state index contributed by atoms with van der Waals surface area (Å²) in [5.74, 6) is -1.65. The summed E-state index contributed by atoms with van der Waals surface area (Å²) in [5, 5.41) is 0. The van der Waals surface area contributed by atoms with Crippen LogP contribution in [-0.4, -0.2) is 5.60 Å². The van der Waals surface area contributed by atoms with Crippen molar-refractivity contribution in [1.29, 1.82) is 0 Å². The van der Waals surface area contributed by atoms with Crippen LogP contribution in [0, 0.1) is 11.6 Å². The van der Waals surface area contributed by atoms with E-state index in [0.29, 0.717) is 0 Å². The molecule has 0 unspecified atom stereocenters. The van der Waals surface area contributed by atoms with Gasteiger partial charge in [-0.05, 0) is 19.8 Å². The Bertz CT molecular complexity index is 375. The lowest BCUT2D eigenvalue weighted by Crippen LogP contribution is -2.13. The monoisotopic (exact) mass is 199 g/mol. The van der Waals surface area contributed by atoms with Crippen LogP contribution in [0.2, 0.25) is 0 Å². The summed E-state index contributed by atoms with van der Waals surface area (Å²) in [6, 6.07) is 1.94. The van der Waals surface area contributed by atoms with Gasteiger partial charge in [0.2, 0.25) is 0 Å². The average Bonchev–Trinajstić information content (AvgIpc) is 2.80. The highest BCUT2D eigenvalue weighted by Gasteiger charge is 2.40. The van der Waals surface area contributed by atoms with Crippen LogP contribution in [0.4, 0.5) is 14.5 Å². The molecule has 0 saturated heterocycles. The minimum absolute atomic E-state index is 0.136. The van der Waals surface area contributed by atoms with E-state index in [1.807, 2.05) is 6.92 Å². The smallest absolute Gasteiger partial charge is 0.162 e. The third kappa shape index (κ3) is 1.64. The van der Waals surface area contributed by atoms with Crippen molar-refractivity contribution in [3.63, 3.8) is 0 Å². The van der Waals surface area contributed by atoms with Crippen molar-refractivity contribution in [2.24, 2.45) is 0 Å². The standard InChI is InChI=1S/C10H11F2NO/c1-10(2-3-10)14-9-5-7(12)6(11)4-8(9)13/h4-5H,2-3,13H2,1H3. The number of hydrogen-bond acceptors (Lipinski definition) is 2. The van der Waals surface area contributed by atoms with Gasteiger partial charge in [-0.25, -0.2) is 8.78 Å². The Morgan fingerprint density at radius 3 is 2.43 bits per heavy atom. The van der Waals surface area contributed by atoms with Gasteiger partial charge in [-0.3, -0.25) is 0 Å². The van der Waals surface area contributed by atoms with Gasteiger partial charge in [0.25, 0.3) is 0 Å². The third-order valence-corrected chi connectivity index (χ3v) is 2.36. The number of hydrogen-bond donors (Lipinski definition) is 1. The van der Waals surface area contributed by atoms with Gasteiger partial charge < -0.3 is 10.5 Å². The number of halogens is 2. The SMILES string of the molecule is CC1(Oc2cc(F)c(F)cc2N)CC1. The minimum Gasteiger partial charge on any atom is -0.485 e. The van der Waals surface area contributed by atoms with Crippen LogP contribution >= 0.6 is 0 Å². The Morgan fingerprint density at radius 1 is 1.29 bits per heavy atom. The molecule has 14 heavy (non-hydrogen) atoms. The molecule has 76 valence electrons. The van der Waals surface area contributed by atoms with Gasteiger partial charge in [-0.1, -0.05) is 0 Å². The molecule has 0 radical (unpaired) electrons. The summed E-state index contributed by atoms with van der Waals surface area (Å²) in [4.78, 5) is 0. The van der Waals surface area contributed by atoms with Gasteiger partial charge in [0.15, 0.2) is 11.6 Å². The highest BCUT2D eigenvalue weighted by Crippen LogP contribution is 2.41. The molecule has 1 aromatic carbocycles. The zero-order valence-electron chi connectivity index (χ0n) is 7.81. The molecule has 0 aliphatic heterocycles. The largest absolute Gasteiger partial charge is 0.485 e. The molecule has 2 nitrogen and oxygen atoms in total. The highest BCUT2D eigenvalue weighted by atomic mass is 19.2. The van der Waals surface area contributed by atoms with E-state index in [1.165, 1.54) is 0 Å². The molecule has 0 bridgehead atoms. The van der Waals surface area contributed by atoms with Crippen molar-refractivity contribution in [3.8, 4) is 5.75 Å². The van der Waals surface area contributed by atoms with Crippen molar-refractivity contribution in [2.45, 2.75) is 25.4 Å². The first-order valence-electron chi connectivity index (χ1n) is 4.44. The molecule has 0 atom stereocenters. The minimum atomic E-state index is -0.948. The predicted octanol–water partition coefficient (Wildman–Crippen LogP) is 2.48. The molecule has 0 spiro atoms. The molecule has 2 N–H and O–H groups in total. The van der Waals surface area contributed by atoms with E-state index in [1.54, 1.807) is 0 Å². The van der Waals surface area contributed by atoms with Crippen LogP contribution in [0.3, 0.4) is 0 Å². The van der Waals surface area contributed by atoms with Gasteiger partial charge in [-0.15, -0.1) is 0 Å². The fourth-order valence-electron chi connectivity index (χ4n) is 1.18. The van der Waals surface area contributed by atoms with Gasteiger partial charge in [0.05, 0.1) is 5.69 Å². The van der Waals surface area contributed by atoms with Crippen LogP contribution in [-0.2, 0) is 0 Å². The normalized spacial score (nSPS) is 17.9.